The smallest absolute Gasteiger partial charge is 0.309 e. The lowest BCUT2D eigenvalue weighted by molar-refractivity contribution is -0.304. The Balaban J connectivity index is 1.87. The van der Waals surface area contributed by atoms with Crippen molar-refractivity contribution in [3.63, 3.8) is 0 Å². The Labute approximate surface area is 368 Å². The van der Waals surface area contributed by atoms with Gasteiger partial charge >= 0.3 is 5.97 Å². The second kappa shape index (κ2) is 21.3. The number of hydrogen-bond donors (Lipinski definition) is 6. The largest absolute Gasteiger partial charge is 0.459 e. The van der Waals surface area contributed by atoms with Crippen LogP contribution in [-0.2, 0) is 38.0 Å². The fourth-order valence-corrected chi connectivity index (χ4v) is 10.4. The summed E-state index contributed by atoms with van der Waals surface area (Å²) in [6, 6.07) is 1.28. The molecule has 0 saturated carbocycles. The zero-order valence-corrected chi connectivity index (χ0v) is 39.4. The SMILES string of the molecule is CC[C@H]1OC(=O)[C@H](C)[C@@H](C2C[C@@](C)(OC)[C@@H](O)[C@H](C)O2)[C@H](C)[C@@H](O[C@@H]2O[C@H](C)C[C@H](N(C)C(C)C)[C@H]2O)[C@](C)(O)C[C@@H](C)[C@H](OCC(=O)Nc2ccncn2)[C@H](C)[C@@H](O)[C@]1(C)O. The van der Waals surface area contributed by atoms with Gasteiger partial charge in [-0.15, -0.1) is 0 Å². The Morgan fingerprint density at radius 3 is 2.26 bits per heavy atom. The maximum Gasteiger partial charge on any atom is 0.309 e. The normalized spacial score (nSPS) is 44.1. The first-order chi connectivity index (χ1) is 28.8. The first-order valence-electron chi connectivity index (χ1n) is 22.4. The van der Waals surface area contributed by atoms with E-state index in [4.69, 9.17) is 28.4 Å². The lowest BCUT2D eigenvalue weighted by atomic mass is 9.67. The van der Waals surface area contributed by atoms with E-state index in [1.807, 2.05) is 41.7 Å². The molecule has 0 radical (unpaired) electrons. The number of esters is 1. The predicted octanol–water partition coefficient (Wildman–Crippen LogP) is 3.08. The minimum atomic E-state index is -1.99. The van der Waals surface area contributed by atoms with Crippen LogP contribution in [-0.4, -0.2) is 163 Å². The van der Waals surface area contributed by atoms with Crippen LogP contribution < -0.4 is 5.32 Å². The third-order valence-corrected chi connectivity index (χ3v) is 14.3. The van der Waals surface area contributed by atoms with Gasteiger partial charge in [0.15, 0.2) is 6.29 Å². The highest BCUT2D eigenvalue weighted by atomic mass is 16.7. The van der Waals surface area contributed by atoms with E-state index in [2.05, 4.69) is 20.2 Å². The van der Waals surface area contributed by atoms with Gasteiger partial charge in [-0.1, -0.05) is 34.6 Å². The molecule has 0 bridgehead atoms. The summed E-state index contributed by atoms with van der Waals surface area (Å²) in [6.45, 7) is 20.9. The summed E-state index contributed by atoms with van der Waals surface area (Å²) in [7, 11) is 3.45. The van der Waals surface area contributed by atoms with Crippen molar-refractivity contribution < 1.29 is 63.5 Å². The molecule has 0 spiro atoms. The van der Waals surface area contributed by atoms with Gasteiger partial charge in [0.1, 0.15) is 42.7 Å². The molecule has 17 nitrogen and oxygen atoms in total. The molecular weight excluding hydrogens is 805 g/mol. The lowest BCUT2D eigenvalue weighted by Crippen LogP contribution is -2.62. The number of aliphatic hydroxyl groups excluding tert-OH is 3. The monoisotopic (exact) mass is 883 g/mol. The number of hydrogen-bond acceptors (Lipinski definition) is 16. The molecule has 1 amide bonds. The maximum atomic E-state index is 14.6. The predicted molar refractivity (Wildman–Crippen MR) is 229 cm³/mol. The van der Waals surface area contributed by atoms with Crippen LogP contribution in [0.15, 0.2) is 18.6 Å². The first-order valence-corrected chi connectivity index (χ1v) is 22.4. The van der Waals surface area contributed by atoms with E-state index in [0.717, 1.165) is 0 Å². The highest BCUT2D eigenvalue weighted by Gasteiger charge is 2.56. The van der Waals surface area contributed by atoms with Crippen molar-refractivity contribution in [3.05, 3.63) is 18.6 Å². The van der Waals surface area contributed by atoms with Gasteiger partial charge in [0, 0.05) is 43.6 Å². The topological polar surface area (TPSA) is 232 Å². The fraction of sp³-hybridized carbons (Fsp3) is 0.867. The van der Waals surface area contributed by atoms with Crippen LogP contribution >= 0.6 is 0 Å². The molecule has 3 saturated heterocycles. The quantitative estimate of drug-likeness (QED) is 0.175. The van der Waals surface area contributed by atoms with Gasteiger partial charge in [-0.25, -0.2) is 9.97 Å². The van der Waals surface area contributed by atoms with Gasteiger partial charge in [-0.3, -0.25) is 14.5 Å². The average molecular weight is 883 g/mol. The molecule has 62 heavy (non-hydrogen) atoms. The molecule has 0 aromatic carbocycles. The van der Waals surface area contributed by atoms with Crippen LogP contribution in [0.3, 0.4) is 0 Å². The molecule has 19 atom stereocenters. The van der Waals surface area contributed by atoms with E-state index in [-0.39, 0.29) is 43.3 Å². The summed E-state index contributed by atoms with van der Waals surface area (Å²) >= 11 is 0. The van der Waals surface area contributed by atoms with Crippen LogP contribution in [0.2, 0.25) is 0 Å². The van der Waals surface area contributed by atoms with E-state index in [0.29, 0.717) is 6.42 Å². The van der Waals surface area contributed by atoms with Gasteiger partial charge in [0.05, 0.1) is 53.7 Å². The second-order valence-corrected chi connectivity index (χ2v) is 19.5. The van der Waals surface area contributed by atoms with Crippen molar-refractivity contribution in [1.82, 2.24) is 14.9 Å². The molecular formula is C45H78N4O13. The number of nitrogens with zero attached hydrogens (tertiary/aromatic N) is 3. The number of ether oxygens (including phenoxy) is 6. The standard InChI is InChI=1S/C45H78N4O13/c1-15-32-45(12,56)38(52)28(8)37(58-21-34(50)48-33-16-17-46-22-47-33)24(4)19-43(10,55)40(62-42-36(51)30(18-25(5)59-42)49(13)23(2)3)26(6)35(27(7)41(54)61-32)31-20-44(11,57-14)39(53)29(9)60-31/h16-17,22-32,35-40,42,51-53,55-56H,15,18-21H2,1-14H3,(H,46,47,48,50)/t24-,25-,26+,27-,28+,29+,30+,31?,32-,35+,36-,37+,38-,39+,40-,42+,43-,44-,45-/m1/s1. The van der Waals surface area contributed by atoms with Crippen LogP contribution in [0.1, 0.15) is 109 Å². The van der Waals surface area contributed by atoms with Crippen molar-refractivity contribution in [2.45, 2.75) is 199 Å². The lowest BCUT2D eigenvalue weighted by Gasteiger charge is -2.52. The summed E-state index contributed by atoms with van der Waals surface area (Å²) < 4.78 is 38.2. The number of carbonyl (C=O) groups is 2. The van der Waals surface area contributed by atoms with Crippen LogP contribution in [0, 0.1) is 29.6 Å². The number of carbonyl (C=O) groups excluding carboxylic acids is 2. The molecule has 17 heteroatoms. The summed E-state index contributed by atoms with van der Waals surface area (Å²) in [5.41, 5.74) is -4.85. The van der Waals surface area contributed by atoms with E-state index in [1.165, 1.54) is 32.6 Å². The van der Waals surface area contributed by atoms with Gasteiger partial charge < -0.3 is 59.3 Å². The molecule has 1 aromatic rings. The number of rotatable bonds is 11. The second-order valence-electron chi connectivity index (χ2n) is 19.5. The average Bonchev–Trinajstić information content (AvgIpc) is 3.20. The third-order valence-electron chi connectivity index (χ3n) is 14.3. The van der Waals surface area contributed by atoms with Crippen molar-refractivity contribution in [2.24, 2.45) is 29.6 Å². The Morgan fingerprint density at radius 2 is 1.68 bits per heavy atom. The Bertz CT molecular complexity index is 1590. The molecule has 3 fully saturated rings. The van der Waals surface area contributed by atoms with Crippen LogP contribution in [0.25, 0.3) is 0 Å². The molecule has 6 N–H and O–H groups in total. The molecule has 4 rings (SSSR count). The molecule has 1 aromatic heterocycles. The van der Waals surface area contributed by atoms with E-state index in [9.17, 15) is 35.1 Å². The van der Waals surface area contributed by atoms with E-state index < -0.39 is 120 Å². The number of cyclic esters (lactones) is 1. The van der Waals surface area contributed by atoms with Gasteiger partial charge in [-0.2, -0.15) is 0 Å². The zero-order chi connectivity index (χ0) is 46.6. The summed E-state index contributed by atoms with van der Waals surface area (Å²) in [5.74, 6) is -4.94. The van der Waals surface area contributed by atoms with Crippen molar-refractivity contribution in [3.8, 4) is 0 Å². The van der Waals surface area contributed by atoms with Crippen molar-refractivity contribution >= 4 is 17.7 Å². The Hall–Kier alpha value is -2.42. The summed E-state index contributed by atoms with van der Waals surface area (Å²) in [5, 5.41) is 63.0. The number of aromatic nitrogens is 2. The van der Waals surface area contributed by atoms with Gasteiger partial charge in [0.25, 0.3) is 5.91 Å². The highest BCUT2D eigenvalue weighted by Crippen LogP contribution is 2.46. The number of nitrogens with one attached hydrogen (secondary N) is 1. The summed E-state index contributed by atoms with van der Waals surface area (Å²) in [6.07, 6.45) is -6.39. The fourth-order valence-electron chi connectivity index (χ4n) is 10.4. The highest BCUT2D eigenvalue weighted by molar-refractivity contribution is 5.90. The molecule has 356 valence electrons. The minimum Gasteiger partial charge on any atom is -0.459 e. The van der Waals surface area contributed by atoms with Crippen molar-refractivity contribution in [1.29, 1.82) is 0 Å². The van der Waals surface area contributed by atoms with Crippen LogP contribution in [0.4, 0.5) is 5.82 Å². The number of likely N-dealkylation sites (N-methyl/N-ethyl adjacent to an activating group) is 1. The van der Waals surface area contributed by atoms with Crippen LogP contribution in [0.5, 0.6) is 0 Å². The summed E-state index contributed by atoms with van der Waals surface area (Å²) in [4.78, 5) is 37.8. The maximum absolute atomic E-state index is 14.6. The van der Waals surface area contributed by atoms with Crippen molar-refractivity contribution in [2.75, 3.05) is 26.1 Å². The van der Waals surface area contributed by atoms with E-state index in [1.54, 1.807) is 41.5 Å². The Morgan fingerprint density at radius 1 is 1.02 bits per heavy atom. The minimum absolute atomic E-state index is 0.0354. The number of anilines is 1. The zero-order valence-electron chi connectivity index (χ0n) is 39.4. The van der Waals surface area contributed by atoms with E-state index >= 15 is 0 Å². The number of amides is 1. The molecule has 3 aliphatic rings. The number of methoxy groups -OCH3 is 1. The number of aliphatic hydroxyl groups is 5. The molecule has 1 unspecified atom stereocenters. The Kier molecular flexibility index (Phi) is 17.9. The first kappa shape index (κ1) is 52.2. The molecule has 3 aliphatic heterocycles. The van der Waals surface area contributed by atoms with Gasteiger partial charge in [0.2, 0.25) is 0 Å². The molecule has 4 heterocycles. The van der Waals surface area contributed by atoms with Gasteiger partial charge in [-0.05, 0) is 92.7 Å². The third kappa shape index (κ3) is 11.7. The molecule has 0 aliphatic carbocycles.